The van der Waals surface area contributed by atoms with E-state index in [1.54, 1.807) is 0 Å². The van der Waals surface area contributed by atoms with E-state index in [1.165, 1.54) is 81.8 Å². The molecule has 0 saturated carbocycles. The monoisotopic (exact) mass is 457 g/mol. The van der Waals surface area contributed by atoms with Gasteiger partial charge in [0.05, 0.1) is 5.69 Å². The fourth-order valence-electron chi connectivity index (χ4n) is 4.34. The van der Waals surface area contributed by atoms with Gasteiger partial charge in [-0.25, -0.2) is 9.97 Å². The molecule has 0 fully saturated rings. The second-order valence-electron chi connectivity index (χ2n) is 10.1. The van der Waals surface area contributed by atoms with E-state index in [-0.39, 0.29) is 0 Å². The molecule has 0 aliphatic carbocycles. The Kier molecular flexibility index (Phi) is 11.2. The van der Waals surface area contributed by atoms with Crippen LogP contribution in [-0.4, -0.2) is 15.0 Å². The van der Waals surface area contributed by atoms with Crippen LogP contribution in [0, 0.1) is 5.92 Å². The number of aromatic nitrogens is 3. The van der Waals surface area contributed by atoms with E-state index in [4.69, 9.17) is 0 Å². The Bertz CT molecular complexity index is 928. The van der Waals surface area contributed by atoms with Crippen molar-refractivity contribution < 1.29 is 0 Å². The van der Waals surface area contributed by atoms with Crippen LogP contribution in [0.25, 0.3) is 22.6 Å². The summed E-state index contributed by atoms with van der Waals surface area (Å²) in [5.74, 6) is 1.57. The van der Waals surface area contributed by atoms with Crippen LogP contribution in [0.5, 0.6) is 0 Å². The minimum absolute atomic E-state index is 0.748. The van der Waals surface area contributed by atoms with Gasteiger partial charge in [-0.1, -0.05) is 96.4 Å². The number of aryl methyl sites for hydroxylation is 2. The molecular formula is C31H43N3. The minimum atomic E-state index is 0.748. The molecule has 0 unspecified atom stereocenters. The SMILES string of the molecule is CCCCCCCc1ccc(-c2ccc(-c3ncc(CCCCCCC(C)C)cn3)cn2)cc1. The molecule has 2 heterocycles. The number of hydrogen-bond acceptors (Lipinski definition) is 3. The standard InChI is InChI=1S/C31H43N3/c1-4-5-6-7-11-14-26-16-18-28(19-17-26)30-21-20-29(24-32-30)31-33-22-27(23-34-31)15-12-9-8-10-13-25(2)3/h16-25H,4-15H2,1-3H3. The van der Waals surface area contributed by atoms with E-state index in [0.29, 0.717) is 0 Å². The summed E-state index contributed by atoms with van der Waals surface area (Å²) >= 11 is 0. The van der Waals surface area contributed by atoms with E-state index >= 15 is 0 Å². The summed E-state index contributed by atoms with van der Waals surface area (Å²) in [6, 6.07) is 13.0. The first kappa shape index (κ1) is 26.1. The van der Waals surface area contributed by atoms with Crippen LogP contribution in [0.1, 0.15) is 96.1 Å². The lowest BCUT2D eigenvalue weighted by molar-refractivity contribution is 0.520. The zero-order valence-corrected chi connectivity index (χ0v) is 21.6. The first-order valence-corrected chi connectivity index (χ1v) is 13.5. The van der Waals surface area contributed by atoms with Crippen molar-refractivity contribution in [2.75, 3.05) is 0 Å². The van der Waals surface area contributed by atoms with Gasteiger partial charge < -0.3 is 0 Å². The van der Waals surface area contributed by atoms with Gasteiger partial charge in [0.1, 0.15) is 0 Å². The smallest absolute Gasteiger partial charge is 0.160 e. The quantitative estimate of drug-likeness (QED) is 0.214. The van der Waals surface area contributed by atoms with E-state index in [9.17, 15) is 0 Å². The van der Waals surface area contributed by atoms with Gasteiger partial charge in [0.2, 0.25) is 0 Å². The molecule has 2 aromatic heterocycles. The third-order valence-electron chi connectivity index (χ3n) is 6.54. The number of unbranched alkanes of at least 4 members (excludes halogenated alkanes) is 7. The topological polar surface area (TPSA) is 38.7 Å². The van der Waals surface area contributed by atoms with Crippen LogP contribution >= 0.6 is 0 Å². The van der Waals surface area contributed by atoms with E-state index in [2.05, 4.69) is 72.1 Å². The molecule has 0 amide bonds. The zero-order valence-electron chi connectivity index (χ0n) is 21.6. The molecule has 0 saturated heterocycles. The summed E-state index contributed by atoms with van der Waals surface area (Å²) in [5, 5.41) is 0. The van der Waals surface area contributed by atoms with Gasteiger partial charge in [-0.15, -0.1) is 0 Å². The Hall–Kier alpha value is -2.55. The molecule has 0 spiro atoms. The highest BCUT2D eigenvalue weighted by atomic mass is 14.9. The Morgan fingerprint density at radius 1 is 0.588 bits per heavy atom. The molecule has 0 N–H and O–H groups in total. The van der Waals surface area contributed by atoms with E-state index < -0.39 is 0 Å². The van der Waals surface area contributed by atoms with Crippen LogP contribution in [0.3, 0.4) is 0 Å². The molecule has 1 aromatic carbocycles. The third-order valence-corrected chi connectivity index (χ3v) is 6.54. The summed E-state index contributed by atoms with van der Waals surface area (Å²) in [5.41, 5.74) is 5.76. The summed E-state index contributed by atoms with van der Waals surface area (Å²) in [6.07, 6.45) is 21.2. The highest BCUT2D eigenvalue weighted by Crippen LogP contribution is 2.22. The summed E-state index contributed by atoms with van der Waals surface area (Å²) < 4.78 is 0. The maximum Gasteiger partial charge on any atom is 0.160 e. The first-order chi connectivity index (χ1) is 16.7. The van der Waals surface area contributed by atoms with Gasteiger partial charge in [-0.3, -0.25) is 4.98 Å². The van der Waals surface area contributed by atoms with Crippen LogP contribution in [0.2, 0.25) is 0 Å². The van der Waals surface area contributed by atoms with Crippen LogP contribution in [0.15, 0.2) is 55.0 Å². The molecule has 182 valence electrons. The lowest BCUT2D eigenvalue weighted by Gasteiger charge is -2.06. The Morgan fingerprint density at radius 2 is 1.21 bits per heavy atom. The van der Waals surface area contributed by atoms with Crippen molar-refractivity contribution in [3.63, 3.8) is 0 Å². The van der Waals surface area contributed by atoms with Crippen molar-refractivity contribution in [2.24, 2.45) is 5.92 Å². The van der Waals surface area contributed by atoms with Crippen molar-refractivity contribution in [1.29, 1.82) is 0 Å². The van der Waals surface area contributed by atoms with Crippen molar-refractivity contribution >= 4 is 0 Å². The molecule has 0 atom stereocenters. The largest absolute Gasteiger partial charge is 0.255 e. The molecule has 3 aromatic rings. The van der Waals surface area contributed by atoms with Crippen molar-refractivity contribution in [2.45, 2.75) is 97.8 Å². The van der Waals surface area contributed by atoms with Crippen molar-refractivity contribution in [3.05, 3.63) is 66.1 Å². The summed E-state index contributed by atoms with van der Waals surface area (Å²) in [4.78, 5) is 13.9. The van der Waals surface area contributed by atoms with Gasteiger partial charge in [0.15, 0.2) is 5.82 Å². The Morgan fingerprint density at radius 3 is 1.82 bits per heavy atom. The second-order valence-corrected chi connectivity index (χ2v) is 10.1. The second kappa shape index (κ2) is 14.7. The zero-order chi connectivity index (χ0) is 24.0. The van der Waals surface area contributed by atoms with E-state index in [0.717, 1.165) is 35.0 Å². The fraction of sp³-hybridized carbons (Fsp3) is 0.516. The maximum absolute atomic E-state index is 4.68. The fourth-order valence-corrected chi connectivity index (χ4v) is 4.34. The van der Waals surface area contributed by atoms with Gasteiger partial charge in [-0.2, -0.15) is 0 Å². The summed E-state index contributed by atoms with van der Waals surface area (Å²) in [6.45, 7) is 6.87. The molecule has 3 rings (SSSR count). The van der Waals surface area contributed by atoms with Crippen molar-refractivity contribution in [3.8, 4) is 22.6 Å². The van der Waals surface area contributed by atoms with Crippen LogP contribution in [0.4, 0.5) is 0 Å². The van der Waals surface area contributed by atoms with Crippen LogP contribution in [-0.2, 0) is 12.8 Å². The molecule has 0 aliphatic rings. The van der Waals surface area contributed by atoms with E-state index in [1.807, 2.05) is 18.6 Å². The average molecular weight is 458 g/mol. The number of nitrogens with zero attached hydrogens (tertiary/aromatic N) is 3. The number of hydrogen-bond donors (Lipinski definition) is 0. The molecule has 0 bridgehead atoms. The predicted octanol–water partition coefficient (Wildman–Crippen LogP) is 8.87. The first-order valence-electron chi connectivity index (χ1n) is 13.5. The van der Waals surface area contributed by atoms with Gasteiger partial charge >= 0.3 is 0 Å². The van der Waals surface area contributed by atoms with Gasteiger partial charge in [0.25, 0.3) is 0 Å². The Balaban J connectivity index is 1.46. The Labute approximate surface area is 207 Å². The number of benzene rings is 1. The van der Waals surface area contributed by atoms with Gasteiger partial charge in [-0.05, 0) is 54.9 Å². The molecular weight excluding hydrogens is 414 g/mol. The minimum Gasteiger partial charge on any atom is -0.255 e. The maximum atomic E-state index is 4.68. The highest BCUT2D eigenvalue weighted by molar-refractivity contribution is 5.63. The molecule has 3 nitrogen and oxygen atoms in total. The van der Waals surface area contributed by atoms with Crippen molar-refractivity contribution in [1.82, 2.24) is 15.0 Å². The highest BCUT2D eigenvalue weighted by Gasteiger charge is 2.05. The lowest BCUT2D eigenvalue weighted by atomic mass is 10.0. The molecule has 34 heavy (non-hydrogen) atoms. The number of rotatable bonds is 15. The molecule has 0 radical (unpaired) electrons. The van der Waals surface area contributed by atoms with Gasteiger partial charge in [0, 0.05) is 29.7 Å². The summed E-state index contributed by atoms with van der Waals surface area (Å²) in [7, 11) is 0. The number of pyridine rings is 1. The lowest BCUT2D eigenvalue weighted by Crippen LogP contribution is -1.94. The van der Waals surface area contributed by atoms with Crippen LogP contribution < -0.4 is 0 Å². The molecule has 3 heteroatoms. The molecule has 0 aliphatic heterocycles. The normalized spacial score (nSPS) is 11.3. The predicted molar refractivity (Wildman–Crippen MR) is 145 cm³/mol. The average Bonchev–Trinajstić information content (AvgIpc) is 2.87. The third kappa shape index (κ3) is 9.00.